The second-order valence-electron chi connectivity index (χ2n) is 9.03. The largest absolute Gasteiger partial charge is 0.467 e. The SMILES string of the molecule is COC(=O)[C@H](C[C@@H]1CCNC1=O)NC=C(CC(C)C)NC(=O)CC(C)(O)c1ccc(Cl)cc1. The van der Waals surface area contributed by atoms with Crippen LogP contribution in [0.15, 0.2) is 36.2 Å². The number of ether oxygens (including phenoxy) is 1. The van der Waals surface area contributed by atoms with Gasteiger partial charge in [0, 0.05) is 29.4 Å². The van der Waals surface area contributed by atoms with E-state index in [1.54, 1.807) is 37.4 Å². The van der Waals surface area contributed by atoms with Crippen LogP contribution in [0, 0.1) is 11.8 Å². The summed E-state index contributed by atoms with van der Waals surface area (Å²) in [4.78, 5) is 36.9. The first-order valence-electron chi connectivity index (χ1n) is 11.1. The Morgan fingerprint density at radius 1 is 1.33 bits per heavy atom. The van der Waals surface area contributed by atoms with Crippen molar-refractivity contribution in [3.63, 3.8) is 0 Å². The zero-order valence-electron chi connectivity index (χ0n) is 19.6. The lowest BCUT2D eigenvalue weighted by Gasteiger charge is -2.24. The van der Waals surface area contributed by atoms with Crippen LogP contribution >= 0.6 is 11.6 Å². The zero-order valence-corrected chi connectivity index (χ0v) is 20.4. The van der Waals surface area contributed by atoms with Crippen LogP contribution in [0.4, 0.5) is 0 Å². The quantitative estimate of drug-likeness (QED) is 0.362. The highest BCUT2D eigenvalue weighted by Gasteiger charge is 2.31. The summed E-state index contributed by atoms with van der Waals surface area (Å²) in [6.45, 7) is 6.17. The number of halogens is 1. The van der Waals surface area contributed by atoms with E-state index in [1.165, 1.54) is 7.11 Å². The number of carbonyl (C=O) groups is 3. The molecule has 0 saturated carbocycles. The molecular weight excluding hydrogens is 446 g/mol. The monoisotopic (exact) mass is 479 g/mol. The first-order valence-corrected chi connectivity index (χ1v) is 11.5. The third kappa shape index (κ3) is 8.37. The van der Waals surface area contributed by atoms with Gasteiger partial charge in [-0.1, -0.05) is 37.6 Å². The van der Waals surface area contributed by atoms with Crippen molar-refractivity contribution in [1.82, 2.24) is 16.0 Å². The molecule has 0 spiro atoms. The summed E-state index contributed by atoms with van der Waals surface area (Å²) < 4.78 is 4.88. The van der Waals surface area contributed by atoms with Crippen LogP contribution in [-0.4, -0.2) is 42.6 Å². The van der Waals surface area contributed by atoms with E-state index in [2.05, 4.69) is 16.0 Å². The maximum Gasteiger partial charge on any atom is 0.328 e. The fraction of sp³-hybridized carbons (Fsp3) is 0.542. The molecule has 1 fully saturated rings. The van der Waals surface area contributed by atoms with E-state index < -0.39 is 17.6 Å². The van der Waals surface area contributed by atoms with E-state index >= 15 is 0 Å². The number of benzene rings is 1. The molecule has 1 aromatic carbocycles. The van der Waals surface area contributed by atoms with Crippen LogP contribution < -0.4 is 16.0 Å². The molecule has 4 N–H and O–H groups in total. The second-order valence-corrected chi connectivity index (χ2v) is 9.46. The predicted molar refractivity (Wildman–Crippen MR) is 126 cm³/mol. The summed E-state index contributed by atoms with van der Waals surface area (Å²) in [6.07, 6.45) is 2.92. The van der Waals surface area contributed by atoms with Crippen molar-refractivity contribution < 1.29 is 24.2 Å². The Balaban J connectivity index is 2.09. The first kappa shape index (κ1) is 26.7. The molecule has 2 rings (SSSR count). The summed E-state index contributed by atoms with van der Waals surface area (Å²) in [5.74, 6) is -0.963. The lowest BCUT2D eigenvalue weighted by atomic mass is 9.92. The lowest BCUT2D eigenvalue weighted by Crippen LogP contribution is -2.39. The fourth-order valence-corrected chi connectivity index (χ4v) is 3.89. The Bertz CT molecular complexity index is 867. The predicted octanol–water partition coefficient (Wildman–Crippen LogP) is 2.60. The average molecular weight is 480 g/mol. The molecule has 0 bridgehead atoms. The highest BCUT2D eigenvalue weighted by Crippen LogP contribution is 2.26. The number of carbonyl (C=O) groups excluding carboxylic acids is 3. The highest BCUT2D eigenvalue weighted by atomic mass is 35.5. The van der Waals surface area contributed by atoms with E-state index in [1.807, 2.05) is 13.8 Å². The number of aliphatic hydroxyl groups is 1. The minimum Gasteiger partial charge on any atom is -0.467 e. The maximum absolute atomic E-state index is 12.7. The van der Waals surface area contributed by atoms with Gasteiger partial charge in [-0.15, -0.1) is 0 Å². The van der Waals surface area contributed by atoms with Crippen LogP contribution in [0.1, 0.15) is 52.0 Å². The number of allylic oxidation sites excluding steroid dienone is 1. The topological polar surface area (TPSA) is 117 Å². The van der Waals surface area contributed by atoms with E-state index in [0.717, 1.165) is 0 Å². The Hall–Kier alpha value is -2.58. The number of amides is 2. The first-order chi connectivity index (χ1) is 15.5. The number of rotatable bonds is 11. The summed E-state index contributed by atoms with van der Waals surface area (Å²) in [5, 5.41) is 20.0. The number of hydrogen-bond donors (Lipinski definition) is 4. The smallest absolute Gasteiger partial charge is 0.328 e. The molecule has 0 radical (unpaired) electrons. The molecular formula is C24H34ClN3O5. The molecule has 2 amide bonds. The van der Waals surface area contributed by atoms with Gasteiger partial charge in [-0.25, -0.2) is 4.79 Å². The lowest BCUT2D eigenvalue weighted by molar-refractivity contribution is -0.143. The van der Waals surface area contributed by atoms with Crippen molar-refractivity contribution in [1.29, 1.82) is 0 Å². The number of nitrogens with one attached hydrogen (secondary N) is 3. The van der Waals surface area contributed by atoms with Gasteiger partial charge in [0.1, 0.15) is 6.04 Å². The second kappa shape index (κ2) is 12.0. The molecule has 1 heterocycles. The van der Waals surface area contributed by atoms with E-state index in [9.17, 15) is 19.5 Å². The molecule has 1 aliphatic rings. The van der Waals surface area contributed by atoms with Crippen LogP contribution in [-0.2, 0) is 24.7 Å². The van der Waals surface area contributed by atoms with Gasteiger partial charge in [-0.05, 0) is 49.8 Å². The molecule has 182 valence electrons. The van der Waals surface area contributed by atoms with Crippen molar-refractivity contribution in [3.05, 3.63) is 46.7 Å². The molecule has 1 aliphatic heterocycles. The standard InChI is InChI=1S/C24H34ClN3O5/c1-15(2)11-19(14-27-20(23(31)33-4)12-16-9-10-26-22(16)30)28-21(29)13-24(3,32)17-5-7-18(25)8-6-17/h5-8,14-16,20,27,32H,9-13H2,1-4H3,(H,26,30)(H,28,29)/t16-,20-,24?/m0/s1. The minimum absolute atomic E-state index is 0.0742. The van der Waals surface area contributed by atoms with Gasteiger partial charge >= 0.3 is 5.97 Å². The highest BCUT2D eigenvalue weighted by molar-refractivity contribution is 6.30. The van der Waals surface area contributed by atoms with Gasteiger partial charge < -0.3 is 25.8 Å². The van der Waals surface area contributed by atoms with Crippen LogP contribution in [0.2, 0.25) is 5.02 Å². The number of methoxy groups -OCH3 is 1. The van der Waals surface area contributed by atoms with E-state index in [-0.39, 0.29) is 30.1 Å². The van der Waals surface area contributed by atoms with Crippen LogP contribution in [0.5, 0.6) is 0 Å². The Kier molecular flexibility index (Phi) is 9.73. The molecule has 0 aliphatic carbocycles. The molecule has 0 aromatic heterocycles. The Morgan fingerprint density at radius 3 is 2.55 bits per heavy atom. The van der Waals surface area contributed by atoms with Crippen LogP contribution in [0.25, 0.3) is 0 Å². The summed E-state index contributed by atoms with van der Waals surface area (Å²) in [5.41, 5.74) is -0.225. The average Bonchev–Trinajstić information content (AvgIpc) is 3.14. The van der Waals surface area contributed by atoms with Gasteiger partial charge in [-0.2, -0.15) is 0 Å². The van der Waals surface area contributed by atoms with Crippen molar-refractivity contribution in [2.75, 3.05) is 13.7 Å². The van der Waals surface area contributed by atoms with E-state index in [4.69, 9.17) is 16.3 Å². The molecule has 33 heavy (non-hydrogen) atoms. The summed E-state index contributed by atoms with van der Waals surface area (Å²) in [7, 11) is 1.30. The van der Waals surface area contributed by atoms with Crippen LogP contribution in [0.3, 0.4) is 0 Å². The minimum atomic E-state index is -1.38. The summed E-state index contributed by atoms with van der Waals surface area (Å²) in [6, 6.07) is 5.97. The number of esters is 1. The fourth-order valence-electron chi connectivity index (χ4n) is 3.76. The van der Waals surface area contributed by atoms with E-state index in [0.29, 0.717) is 42.1 Å². The van der Waals surface area contributed by atoms with Crippen molar-refractivity contribution >= 4 is 29.4 Å². The molecule has 1 saturated heterocycles. The van der Waals surface area contributed by atoms with Crippen molar-refractivity contribution in [3.8, 4) is 0 Å². The molecule has 1 unspecified atom stereocenters. The third-order valence-corrected chi connectivity index (χ3v) is 5.78. The Morgan fingerprint density at radius 2 is 2.00 bits per heavy atom. The molecule has 3 atom stereocenters. The van der Waals surface area contributed by atoms with Gasteiger partial charge in [0.15, 0.2) is 0 Å². The van der Waals surface area contributed by atoms with Gasteiger partial charge in [0.05, 0.1) is 19.1 Å². The summed E-state index contributed by atoms with van der Waals surface area (Å²) >= 11 is 5.91. The molecule has 9 heteroatoms. The zero-order chi connectivity index (χ0) is 24.6. The molecule has 1 aromatic rings. The Labute approximate surface area is 200 Å². The van der Waals surface area contributed by atoms with Gasteiger partial charge in [0.25, 0.3) is 0 Å². The van der Waals surface area contributed by atoms with Crippen molar-refractivity contribution in [2.24, 2.45) is 11.8 Å². The normalized spacial score (nSPS) is 18.9. The van der Waals surface area contributed by atoms with Gasteiger partial charge in [-0.3, -0.25) is 9.59 Å². The maximum atomic E-state index is 12.7. The molecule has 8 nitrogen and oxygen atoms in total. The van der Waals surface area contributed by atoms with Gasteiger partial charge in [0.2, 0.25) is 11.8 Å². The van der Waals surface area contributed by atoms with Crippen molar-refractivity contribution in [2.45, 2.75) is 58.1 Å². The number of hydrogen-bond acceptors (Lipinski definition) is 6. The third-order valence-electron chi connectivity index (χ3n) is 5.53.